The largest absolute Gasteiger partial charge is 0.368 e. The van der Waals surface area contributed by atoms with Crippen LogP contribution in [0.4, 0.5) is 5.82 Å². The quantitative estimate of drug-likeness (QED) is 0.594. The first-order valence-electron chi connectivity index (χ1n) is 4.97. The van der Waals surface area contributed by atoms with Crippen LogP contribution in [-0.4, -0.2) is 28.0 Å². The van der Waals surface area contributed by atoms with E-state index in [0.29, 0.717) is 0 Å². The Kier molecular flexibility index (Phi) is 5.18. The highest BCUT2D eigenvalue weighted by Gasteiger charge is 1.97. The maximum absolute atomic E-state index is 4.39. The van der Waals surface area contributed by atoms with E-state index in [1.165, 1.54) is 0 Å². The lowest BCUT2D eigenvalue weighted by atomic mass is 10.3. The highest BCUT2D eigenvalue weighted by Crippen LogP contribution is 2.06. The summed E-state index contributed by atoms with van der Waals surface area (Å²) in [7, 11) is 0. The van der Waals surface area contributed by atoms with Crippen molar-refractivity contribution < 1.29 is 0 Å². The Hall–Kier alpha value is -1.03. The van der Waals surface area contributed by atoms with Gasteiger partial charge in [0, 0.05) is 18.1 Å². The zero-order valence-corrected chi connectivity index (χ0v) is 10.1. The van der Waals surface area contributed by atoms with Crippen molar-refractivity contribution in [2.75, 3.05) is 23.4 Å². The third-order valence-electron chi connectivity index (χ3n) is 1.98. The lowest BCUT2D eigenvalue weighted by Crippen LogP contribution is -2.07. The summed E-state index contributed by atoms with van der Waals surface area (Å²) >= 11 is 1.85. The molecule has 0 aromatic carbocycles. The summed E-state index contributed by atoms with van der Waals surface area (Å²) in [5, 5.41) is 3.24. The van der Waals surface area contributed by atoms with Gasteiger partial charge in [-0.2, -0.15) is 11.8 Å². The summed E-state index contributed by atoms with van der Waals surface area (Å²) < 4.78 is 0. The summed E-state index contributed by atoms with van der Waals surface area (Å²) in [5.41, 5.74) is 1.97. The minimum Gasteiger partial charge on any atom is -0.368 e. The SMILES string of the molecule is C=CCSCCNc1cnc(C)c(C)n1. The van der Waals surface area contributed by atoms with Gasteiger partial charge in [0.2, 0.25) is 0 Å². The van der Waals surface area contributed by atoms with Gasteiger partial charge >= 0.3 is 0 Å². The summed E-state index contributed by atoms with van der Waals surface area (Å²) in [4.78, 5) is 8.63. The molecule has 15 heavy (non-hydrogen) atoms. The van der Waals surface area contributed by atoms with Gasteiger partial charge in [-0.1, -0.05) is 6.08 Å². The molecule has 0 bridgehead atoms. The zero-order valence-electron chi connectivity index (χ0n) is 9.29. The van der Waals surface area contributed by atoms with Gasteiger partial charge in [0.05, 0.1) is 17.6 Å². The average molecular weight is 223 g/mol. The number of anilines is 1. The van der Waals surface area contributed by atoms with Gasteiger partial charge in [0.1, 0.15) is 5.82 Å². The number of rotatable bonds is 6. The Bertz CT molecular complexity index is 326. The van der Waals surface area contributed by atoms with Crippen molar-refractivity contribution in [2.24, 2.45) is 0 Å². The van der Waals surface area contributed by atoms with Crippen molar-refractivity contribution in [2.45, 2.75) is 13.8 Å². The standard InChI is InChI=1S/C11H17N3S/c1-4-6-15-7-5-12-11-8-13-9(2)10(3)14-11/h4,8H,1,5-7H2,2-3H3,(H,12,14). The first-order valence-corrected chi connectivity index (χ1v) is 6.12. The number of hydrogen-bond donors (Lipinski definition) is 1. The van der Waals surface area contributed by atoms with E-state index in [4.69, 9.17) is 0 Å². The smallest absolute Gasteiger partial charge is 0.144 e. The molecule has 0 aliphatic rings. The molecule has 0 aliphatic carbocycles. The molecule has 3 nitrogen and oxygen atoms in total. The summed E-state index contributed by atoms with van der Waals surface area (Å²) in [6.45, 7) is 8.52. The normalized spacial score (nSPS) is 10.0. The van der Waals surface area contributed by atoms with E-state index in [0.717, 1.165) is 35.3 Å². The number of aryl methyl sites for hydroxylation is 2. The van der Waals surface area contributed by atoms with Crippen molar-refractivity contribution in [3.8, 4) is 0 Å². The van der Waals surface area contributed by atoms with Gasteiger partial charge in [0.15, 0.2) is 0 Å². The van der Waals surface area contributed by atoms with Crippen LogP contribution in [0.1, 0.15) is 11.4 Å². The zero-order chi connectivity index (χ0) is 11.1. The average Bonchev–Trinajstić information content (AvgIpc) is 2.23. The lowest BCUT2D eigenvalue weighted by molar-refractivity contribution is 1.03. The first kappa shape index (κ1) is 12.0. The van der Waals surface area contributed by atoms with E-state index in [9.17, 15) is 0 Å². The third kappa shape index (κ3) is 4.34. The predicted molar refractivity (Wildman–Crippen MR) is 67.5 cm³/mol. The molecule has 1 aromatic rings. The predicted octanol–water partition coefficient (Wildman–Crippen LogP) is 2.42. The number of hydrogen-bond acceptors (Lipinski definition) is 4. The Morgan fingerprint density at radius 1 is 1.47 bits per heavy atom. The molecular weight excluding hydrogens is 206 g/mol. The molecule has 4 heteroatoms. The first-order chi connectivity index (χ1) is 7.24. The Balaban J connectivity index is 2.31. The fourth-order valence-electron chi connectivity index (χ4n) is 1.04. The topological polar surface area (TPSA) is 37.8 Å². The van der Waals surface area contributed by atoms with Crippen LogP contribution in [0.15, 0.2) is 18.9 Å². The molecule has 1 heterocycles. The second-order valence-corrected chi connectivity index (χ2v) is 4.37. The van der Waals surface area contributed by atoms with Gasteiger partial charge in [0.25, 0.3) is 0 Å². The maximum atomic E-state index is 4.39. The lowest BCUT2D eigenvalue weighted by Gasteiger charge is -2.06. The van der Waals surface area contributed by atoms with Crippen molar-refractivity contribution >= 4 is 17.6 Å². The summed E-state index contributed by atoms with van der Waals surface area (Å²) in [5.74, 6) is 2.92. The second-order valence-electron chi connectivity index (χ2n) is 3.22. The molecule has 1 aromatic heterocycles. The minimum atomic E-state index is 0.859. The molecule has 0 aliphatic heterocycles. The van der Waals surface area contributed by atoms with Gasteiger partial charge in [-0.15, -0.1) is 6.58 Å². The molecule has 0 saturated heterocycles. The fourth-order valence-corrected chi connectivity index (χ4v) is 1.62. The second kappa shape index (κ2) is 6.45. The van der Waals surface area contributed by atoms with Gasteiger partial charge in [-0.05, 0) is 13.8 Å². The molecular formula is C11H17N3S. The molecule has 0 radical (unpaired) electrons. The summed E-state index contributed by atoms with van der Waals surface area (Å²) in [6.07, 6.45) is 3.70. The monoisotopic (exact) mass is 223 g/mol. The van der Waals surface area contributed by atoms with Gasteiger partial charge in [-0.3, -0.25) is 4.98 Å². The Morgan fingerprint density at radius 3 is 2.93 bits per heavy atom. The highest BCUT2D eigenvalue weighted by molar-refractivity contribution is 7.99. The highest BCUT2D eigenvalue weighted by atomic mass is 32.2. The van der Waals surface area contributed by atoms with E-state index in [1.807, 2.05) is 31.7 Å². The minimum absolute atomic E-state index is 0.859. The summed E-state index contributed by atoms with van der Waals surface area (Å²) in [6, 6.07) is 0. The molecule has 0 amide bonds. The van der Waals surface area contributed by atoms with Crippen LogP contribution in [-0.2, 0) is 0 Å². The van der Waals surface area contributed by atoms with Gasteiger partial charge < -0.3 is 5.32 Å². The van der Waals surface area contributed by atoms with E-state index >= 15 is 0 Å². The Morgan fingerprint density at radius 2 is 2.27 bits per heavy atom. The van der Waals surface area contributed by atoms with Crippen LogP contribution in [0.2, 0.25) is 0 Å². The van der Waals surface area contributed by atoms with E-state index in [2.05, 4.69) is 21.9 Å². The fraction of sp³-hybridized carbons (Fsp3) is 0.455. The number of nitrogens with zero attached hydrogens (tertiary/aromatic N) is 2. The van der Waals surface area contributed by atoms with Crippen LogP contribution < -0.4 is 5.32 Å². The van der Waals surface area contributed by atoms with E-state index in [1.54, 1.807) is 6.20 Å². The molecule has 0 spiro atoms. The van der Waals surface area contributed by atoms with Crippen LogP contribution in [0, 0.1) is 13.8 Å². The molecule has 82 valence electrons. The van der Waals surface area contributed by atoms with Crippen molar-refractivity contribution in [1.29, 1.82) is 0 Å². The van der Waals surface area contributed by atoms with E-state index in [-0.39, 0.29) is 0 Å². The molecule has 0 unspecified atom stereocenters. The molecule has 1 N–H and O–H groups in total. The number of nitrogens with one attached hydrogen (secondary N) is 1. The van der Waals surface area contributed by atoms with E-state index < -0.39 is 0 Å². The van der Waals surface area contributed by atoms with Crippen molar-refractivity contribution in [1.82, 2.24) is 9.97 Å². The molecule has 0 atom stereocenters. The molecule has 0 saturated carbocycles. The van der Waals surface area contributed by atoms with Crippen LogP contribution in [0.5, 0.6) is 0 Å². The van der Waals surface area contributed by atoms with Crippen molar-refractivity contribution in [3.63, 3.8) is 0 Å². The Labute approximate surface area is 95.4 Å². The number of aromatic nitrogens is 2. The van der Waals surface area contributed by atoms with Crippen LogP contribution >= 0.6 is 11.8 Å². The molecule has 0 fully saturated rings. The number of thioether (sulfide) groups is 1. The van der Waals surface area contributed by atoms with Crippen LogP contribution in [0.3, 0.4) is 0 Å². The maximum Gasteiger partial charge on any atom is 0.144 e. The molecule has 1 rings (SSSR count). The van der Waals surface area contributed by atoms with Gasteiger partial charge in [-0.25, -0.2) is 4.98 Å². The van der Waals surface area contributed by atoms with Crippen LogP contribution in [0.25, 0.3) is 0 Å². The van der Waals surface area contributed by atoms with Crippen molar-refractivity contribution in [3.05, 3.63) is 30.2 Å². The third-order valence-corrected chi connectivity index (χ3v) is 2.94.